The highest BCUT2D eigenvalue weighted by Crippen LogP contribution is 2.22. The van der Waals surface area contributed by atoms with E-state index in [1.165, 1.54) is 19.2 Å². The number of hydrogen-bond donors (Lipinski definition) is 2. The lowest BCUT2D eigenvalue weighted by atomic mass is 10.1. The molecule has 0 aromatic heterocycles. The number of rotatable bonds is 6. The molecule has 2 aromatic carbocycles. The van der Waals surface area contributed by atoms with Gasteiger partial charge in [0.2, 0.25) is 5.91 Å². The summed E-state index contributed by atoms with van der Waals surface area (Å²) in [5, 5.41) is 13.1. The molecule has 6 heteroatoms. The van der Waals surface area contributed by atoms with Crippen LogP contribution in [-0.2, 0) is 11.2 Å². The average molecular weight is 338 g/mol. The van der Waals surface area contributed by atoms with Gasteiger partial charge in [-0.3, -0.25) is 4.79 Å². The summed E-state index contributed by atoms with van der Waals surface area (Å²) < 4.78 is 18.4. The summed E-state index contributed by atoms with van der Waals surface area (Å²) in [4.78, 5) is 11.9. The molecular weight excluding hydrogens is 321 g/mol. The summed E-state index contributed by atoms with van der Waals surface area (Å²) >= 11 is 5.98. The molecule has 0 fully saturated rings. The fourth-order valence-corrected chi connectivity index (χ4v) is 2.40. The SMILES string of the molecule is COc1ccc(CC(=O)NCC(O)c2ccccc2Cl)cc1F. The highest BCUT2D eigenvalue weighted by atomic mass is 35.5. The molecule has 2 aromatic rings. The average Bonchev–Trinajstić information content (AvgIpc) is 2.53. The van der Waals surface area contributed by atoms with Crippen LogP contribution in [0.3, 0.4) is 0 Å². The van der Waals surface area contributed by atoms with Crippen LogP contribution in [-0.4, -0.2) is 24.7 Å². The maximum absolute atomic E-state index is 13.6. The number of aliphatic hydroxyl groups is 1. The molecule has 2 rings (SSSR count). The largest absolute Gasteiger partial charge is 0.494 e. The van der Waals surface area contributed by atoms with E-state index in [9.17, 15) is 14.3 Å². The van der Waals surface area contributed by atoms with Gasteiger partial charge in [-0.25, -0.2) is 4.39 Å². The molecule has 0 radical (unpaired) electrons. The molecule has 0 aliphatic carbocycles. The van der Waals surface area contributed by atoms with Gasteiger partial charge >= 0.3 is 0 Å². The van der Waals surface area contributed by atoms with Crippen molar-refractivity contribution >= 4 is 17.5 Å². The van der Waals surface area contributed by atoms with Crippen molar-refractivity contribution in [1.29, 1.82) is 0 Å². The predicted molar refractivity (Wildman–Crippen MR) is 86.1 cm³/mol. The number of halogens is 2. The van der Waals surface area contributed by atoms with Gasteiger partial charge in [0.05, 0.1) is 19.6 Å². The zero-order valence-corrected chi connectivity index (χ0v) is 13.3. The molecule has 4 nitrogen and oxygen atoms in total. The molecule has 2 N–H and O–H groups in total. The minimum atomic E-state index is -0.903. The topological polar surface area (TPSA) is 58.6 Å². The Bertz CT molecular complexity index is 693. The van der Waals surface area contributed by atoms with Gasteiger partial charge in [-0.05, 0) is 23.8 Å². The molecular formula is C17H17ClFNO3. The van der Waals surface area contributed by atoms with Gasteiger partial charge < -0.3 is 15.2 Å². The summed E-state index contributed by atoms with van der Waals surface area (Å²) in [6.07, 6.45) is -0.892. The van der Waals surface area contributed by atoms with Gasteiger partial charge in [0, 0.05) is 17.1 Å². The molecule has 1 unspecified atom stereocenters. The number of ether oxygens (including phenoxy) is 1. The Kier molecular flexibility index (Phi) is 5.96. The van der Waals surface area contributed by atoms with Crippen LogP contribution in [0.25, 0.3) is 0 Å². The van der Waals surface area contributed by atoms with E-state index in [-0.39, 0.29) is 24.6 Å². The summed E-state index contributed by atoms with van der Waals surface area (Å²) in [6, 6.07) is 11.2. The van der Waals surface area contributed by atoms with Crippen molar-refractivity contribution in [2.45, 2.75) is 12.5 Å². The van der Waals surface area contributed by atoms with Crippen LogP contribution in [0.5, 0.6) is 5.75 Å². The Morgan fingerprint density at radius 2 is 2.09 bits per heavy atom. The molecule has 0 saturated heterocycles. The quantitative estimate of drug-likeness (QED) is 0.852. The van der Waals surface area contributed by atoms with Crippen LogP contribution in [0.15, 0.2) is 42.5 Å². The second kappa shape index (κ2) is 7.94. The van der Waals surface area contributed by atoms with Gasteiger partial charge in [0.15, 0.2) is 11.6 Å². The van der Waals surface area contributed by atoms with E-state index in [1.54, 1.807) is 30.3 Å². The molecule has 0 bridgehead atoms. The maximum Gasteiger partial charge on any atom is 0.224 e. The number of hydrogen-bond acceptors (Lipinski definition) is 3. The van der Waals surface area contributed by atoms with Crippen LogP contribution in [0.4, 0.5) is 4.39 Å². The molecule has 0 saturated carbocycles. The van der Waals surface area contributed by atoms with Gasteiger partial charge in [0.25, 0.3) is 0 Å². The highest BCUT2D eigenvalue weighted by Gasteiger charge is 2.13. The third-order valence-electron chi connectivity index (χ3n) is 3.34. The fourth-order valence-electron chi connectivity index (χ4n) is 2.13. The molecule has 1 amide bonds. The number of amides is 1. The van der Waals surface area contributed by atoms with E-state index in [0.29, 0.717) is 16.1 Å². The second-order valence-electron chi connectivity index (χ2n) is 4.99. The van der Waals surface area contributed by atoms with Gasteiger partial charge in [-0.15, -0.1) is 0 Å². The number of nitrogens with one attached hydrogen (secondary N) is 1. The number of methoxy groups -OCH3 is 1. The highest BCUT2D eigenvalue weighted by molar-refractivity contribution is 6.31. The van der Waals surface area contributed by atoms with E-state index in [0.717, 1.165) is 0 Å². The van der Waals surface area contributed by atoms with E-state index in [1.807, 2.05) is 0 Å². The number of carbonyl (C=O) groups is 1. The van der Waals surface area contributed by atoms with Crippen molar-refractivity contribution in [2.75, 3.05) is 13.7 Å². The Morgan fingerprint density at radius 1 is 1.35 bits per heavy atom. The molecule has 0 spiro atoms. The van der Waals surface area contributed by atoms with Crippen LogP contribution < -0.4 is 10.1 Å². The van der Waals surface area contributed by atoms with Gasteiger partial charge in [-0.1, -0.05) is 35.9 Å². The third kappa shape index (κ3) is 4.68. The summed E-state index contributed by atoms with van der Waals surface area (Å²) in [6.45, 7) is 0.0290. The minimum Gasteiger partial charge on any atom is -0.494 e. The lowest BCUT2D eigenvalue weighted by Gasteiger charge is -2.13. The molecule has 0 aliphatic rings. The lowest BCUT2D eigenvalue weighted by molar-refractivity contribution is -0.120. The normalized spacial score (nSPS) is 11.8. The Balaban J connectivity index is 1.90. The van der Waals surface area contributed by atoms with Crippen LogP contribution in [0.2, 0.25) is 5.02 Å². The minimum absolute atomic E-state index is 0.0101. The summed E-state index contributed by atoms with van der Waals surface area (Å²) in [5.41, 5.74) is 1.07. The third-order valence-corrected chi connectivity index (χ3v) is 3.68. The predicted octanol–water partition coefficient (Wildman–Crippen LogP) is 2.88. The fraction of sp³-hybridized carbons (Fsp3) is 0.235. The number of aliphatic hydroxyl groups excluding tert-OH is 1. The molecule has 23 heavy (non-hydrogen) atoms. The Labute approximate surface area is 138 Å². The smallest absolute Gasteiger partial charge is 0.224 e. The van der Waals surface area contributed by atoms with E-state index in [4.69, 9.17) is 16.3 Å². The Hall–Kier alpha value is -2.11. The van der Waals surface area contributed by atoms with Crippen LogP contribution in [0, 0.1) is 5.82 Å². The molecule has 1 atom stereocenters. The summed E-state index contributed by atoms with van der Waals surface area (Å²) in [7, 11) is 1.38. The van der Waals surface area contributed by atoms with Gasteiger partial charge in [-0.2, -0.15) is 0 Å². The first kappa shape index (κ1) is 17.2. The van der Waals surface area contributed by atoms with Crippen molar-refractivity contribution in [3.8, 4) is 5.75 Å². The first-order valence-corrected chi connectivity index (χ1v) is 7.40. The van der Waals surface area contributed by atoms with Crippen LogP contribution in [0.1, 0.15) is 17.2 Å². The van der Waals surface area contributed by atoms with Crippen LogP contribution >= 0.6 is 11.6 Å². The van der Waals surface area contributed by atoms with Crippen molar-refractivity contribution in [1.82, 2.24) is 5.32 Å². The van der Waals surface area contributed by atoms with Crippen molar-refractivity contribution in [2.24, 2.45) is 0 Å². The van der Waals surface area contributed by atoms with Crippen molar-refractivity contribution < 1.29 is 19.0 Å². The number of carbonyl (C=O) groups excluding carboxylic acids is 1. The standard InChI is InChI=1S/C17H17ClFNO3/c1-23-16-7-6-11(8-14(16)19)9-17(22)20-10-15(21)12-4-2-3-5-13(12)18/h2-8,15,21H,9-10H2,1H3,(H,20,22). The zero-order chi connectivity index (χ0) is 16.8. The Morgan fingerprint density at radius 3 is 2.74 bits per heavy atom. The summed E-state index contributed by atoms with van der Waals surface area (Å²) in [5.74, 6) is -0.710. The first-order chi connectivity index (χ1) is 11.0. The first-order valence-electron chi connectivity index (χ1n) is 7.03. The van der Waals surface area contributed by atoms with E-state index < -0.39 is 11.9 Å². The van der Waals surface area contributed by atoms with Gasteiger partial charge in [0.1, 0.15) is 0 Å². The zero-order valence-electron chi connectivity index (χ0n) is 12.6. The molecule has 0 heterocycles. The lowest BCUT2D eigenvalue weighted by Crippen LogP contribution is -2.29. The monoisotopic (exact) mass is 337 g/mol. The van der Waals surface area contributed by atoms with Crippen molar-refractivity contribution in [3.63, 3.8) is 0 Å². The van der Waals surface area contributed by atoms with Crippen molar-refractivity contribution in [3.05, 3.63) is 64.4 Å². The maximum atomic E-state index is 13.6. The van der Waals surface area contributed by atoms with E-state index in [2.05, 4.69) is 5.32 Å². The van der Waals surface area contributed by atoms with E-state index >= 15 is 0 Å². The second-order valence-corrected chi connectivity index (χ2v) is 5.39. The number of benzene rings is 2. The molecule has 0 aliphatic heterocycles. The molecule has 122 valence electrons.